The molecule has 1 unspecified atom stereocenters. The highest BCUT2D eigenvalue weighted by atomic mass is 16.5. The molecule has 0 saturated heterocycles. The molecule has 0 spiro atoms. The first-order chi connectivity index (χ1) is 13.5. The van der Waals surface area contributed by atoms with E-state index < -0.39 is 0 Å². The molecule has 6 heteroatoms. The van der Waals surface area contributed by atoms with E-state index in [0.29, 0.717) is 37.4 Å². The molecule has 0 saturated carbocycles. The largest absolute Gasteiger partial charge is 0.463 e. The highest BCUT2D eigenvalue weighted by molar-refractivity contribution is 5.94. The number of carbonyl (C=O) groups excluding carboxylic acids is 2. The summed E-state index contributed by atoms with van der Waals surface area (Å²) in [5.74, 6) is -0.379. The number of esters is 1. The molecule has 1 heterocycles. The van der Waals surface area contributed by atoms with Crippen molar-refractivity contribution in [1.29, 1.82) is 0 Å². The first kappa shape index (κ1) is 19.9. The Bertz CT molecular complexity index is 907. The number of ether oxygens (including phenoxy) is 1. The molecule has 2 amide bonds. The average Bonchev–Trinajstić information content (AvgIpc) is 2.67. The van der Waals surface area contributed by atoms with Crippen molar-refractivity contribution in [3.8, 4) is 0 Å². The van der Waals surface area contributed by atoms with Gasteiger partial charge in [-0.1, -0.05) is 43.3 Å². The molecular weight excluding hydrogens is 354 g/mol. The summed E-state index contributed by atoms with van der Waals surface area (Å²) in [4.78, 5) is 26.6. The number of fused-ring (bicyclic) bond motifs is 1. The summed E-state index contributed by atoms with van der Waals surface area (Å²) >= 11 is 0. The fraction of sp³-hybridized carbons (Fsp3) is 0.364. The summed E-state index contributed by atoms with van der Waals surface area (Å²) in [5.41, 5.74) is 2.29. The number of benzene rings is 2. The molecule has 1 atom stereocenters. The third-order valence-electron chi connectivity index (χ3n) is 4.84. The van der Waals surface area contributed by atoms with Gasteiger partial charge in [-0.05, 0) is 42.8 Å². The van der Waals surface area contributed by atoms with E-state index in [2.05, 4.69) is 45.9 Å². The first-order valence-electron chi connectivity index (χ1n) is 9.65. The summed E-state index contributed by atoms with van der Waals surface area (Å²) in [6.45, 7) is 5.16. The molecule has 0 fully saturated rings. The Hall–Kier alpha value is -2.86. The molecule has 2 aromatic carbocycles. The monoisotopic (exact) mass is 381 g/mol. The quantitative estimate of drug-likeness (QED) is 0.723. The van der Waals surface area contributed by atoms with Crippen molar-refractivity contribution < 1.29 is 14.3 Å². The lowest BCUT2D eigenvalue weighted by Crippen LogP contribution is -2.51. The maximum atomic E-state index is 12.5. The Kier molecular flexibility index (Phi) is 6.31. The Labute approximate surface area is 165 Å². The SMILES string of the molecule is CCOC(=O)C1=C(CN(C)Cc2ccc3ccccc3c2)NC(=O)NC1CC. The molecule has 1 aliphatic rings. The van der Waals surface area contributed by atoms with Crippen LogP contribution in [0.3, 0.4) is 0 Å². The number of hydrogen-bond acceptors (Lipinski definition) is 4. The van der Waals surface area contributed by atoms with E-state index in [1.54, 1.807) is 6.92 Å². The Morgan fingerprint density at radius 2 is 1.86 bits per heavy atom. The number of hydrogen-bond donors (Lipinski definition) is 2. The normalized spacial score (nSPS) is 16.9. The van der Waals surface area contributed by atoms with E-state index in [-0.39, 0.29) is 18.0 Å². The lowest BCUT2D eigenvalue weighted by atomic mass is 10.00. The molecule has 0 bridgehead atoms. The number of nitrogens with zero attached hydrogens (tertiary/aromatic N) is 1. The van der Waals surface area contributed by atoms with Crippen molar-refractivity contribution in [3.63, 3.8) is 0 Å². The minimum absolute atomic E-state index is 0.283. The van der Waals surface area contributed by atoms with E-state index >= 15 is 0 Å². The third-order valence-corrected chi connectivity index (χ3v) is 4.84. The molecule has 6 nitrogen and oxygen atoms in total. The minimum Gasteiger partial charge on any atom is -0.463 e. The summed E-state index contributed by atoms with van der Waals surface area (Å²) in [6.07, 6.45) is 0.624. The van der Waals surface area contributed by atoms with E-state index in [0.717, 1.165) is 0 Å². The molecule has 0 radical (unpaired) electrons. The second-order valence-corrected chi connectivity index (χ2v) is 7.03. The number of urea groups is 1. The maximum absolute atomic E-state index is 12.5. The van der Waals surface area contributed by atoms with Crippen LogP contribution >= 0.6 is 0 Å². The van der Waals surface area contributed by atoms with Gasteiger partial charge >= 0.3 is 12.0 Å². The summed E-state index contributed by atoms with van der Waals surface area (Å²) in [6, 6.07) is 14.0. The number of rotatable bonds is 7. The summed E-state index contributed by atoms with van der Waals surface area (Å²) in [5, 5.41) is 8.01. The van der Waals surface area contributed by atoms with Crippen molar-refractivity contribution in [1.82, 2.24) is 15.5 Å². The number of carbonyl (C=O) groups is 2. The van der Waals surface area contributed by atoms with Crippen LogP contribution in [0.15, 0.2) is 53.7 Å². The topological polar surface area (TPSA) is 70.7 Å². The first-order valence-corrected chi connectivity index (χ1v) is 9.65. The van der Waals surface area contributed by atoms with Crippen LogP contribution in [0.5, 0.6) is 0 Å². The van der Waals surface area contributed by atoms with Gasteiger partial charge in [0.05, 0.1) is 18.2 Å². The van der Waals surface area contributed by atoms with E-state index in [9.17, 15) is 9.59 Å². The average molecular weight is 381 g/mol. The maximum Gasteiger partial charge on any atom is 0.337 e. The van der Waals surface area contributed by atoms with Gasteiger partial charge in [-0.25, -0.2) is 9.59 Å². The van der Waals surface area contributed by atoms with E-state index in [1.807, 2.05) is 26.1 Å². The molecule has 2 aromatic rings. The third kappa shape index (κ3) is 4.51. The molecular formula is C22H27N3O3. The fourth-order valence-corrected chi connectivity index (χ4v) is 3.56. The van der Waals surface area contributed by atoms with Crippen molar-refractivity contribution >= 4 is 22.8 Å². The minimum atomic E-state index is -0.379. The number of amides is 2. The Balaban J connectivity index is 1.80. The molecule has 2 N–H and O–H groups in total. The molecule has 3 rings (SSSR count). The van der Waals surface area contributed by atoms with Crippen LogP contribution in [0.2, 0.25) is 0 Å². The van der Waals surface area contributed by atoms with Crippen LogP contribution in [-0.2, 0) is 16.1 Å². The zero-order valence-corrected chi connectivity index (χ0v) is 16.6. The van der Waals surface area contributed by atoms with Crippen molar-refractivity contribution in [2.24, 2.45) is 0 Å². The second kappa shape index (κ2) is 8.89. The number of nitrogens with one attached hydrogen (secondary N) is 2. The van der Waals surface area contributed by atoms with Crippen LogP contribution < -0.4 is 10.6 Å². The second-order valence-electron chi connectivity index (χ2n) is 7.03. The fourth-order valence-electron chi connectivity index (χ4n) is 3.56. The zero-order valence-electron chi connectivity index (χ0n) is 16.6. The Morgan fingerprint density at radius 1 is 1.11 bits per heavy atom. The predicted octanol–water partition coefficient (Wildman–Crippen LogP) is 3.18. The lowest BCUT2D eigenvalue weighted by Gasteiger charge is -2.30. The summed E-state index contributed by atoms with van der Waals surface area (Å²) in [7, 11) is 1.97. The van der Waals surface area contributed by atoms with Crippen molar-refractivity contribution in [2.45, 2.75) is 32.9 Å². The van der Waals surface area contributed by atoms with Gasteiger partial charge in [0, 0.05) is 18.8 Å². The summed E-state index contributed by atoms with van der Waals surface area (Å²) < 4.78 is 5.22. The van der Waals surface area contributed by atoms with Gasteiger partial charge in [-0.15, -0.1) is 0 Å². The molecule has 0 aromatic heterocycles. The van der Waals surface area contributed by atoms with Crippen LogP contribution in [0.4, 0.5) is 4.79 Å². The molecule has 148 valence electrons. The lowest BCUT2D eigenvalue weighted by molar-refractivity contribution is -0.139. The van der Waals surface area contributed by atoms with Crippen LogP contribution in [0.25, 0.3) is 10.8 Å². The van der Waals surface area contributed by atoms with Crippen molar-refractivity contribution in [2.75, 3.05) is 20.2 Å². The highest BCUT2D eigenvalue weighted by Crippen LogP contribution is 2.20. The van der Waals surface area contributed by atoms with Gasteiger partial charge in [0.15, 0.2) is 0 Å². The van der Waals surface area contributed by atoms with Gasteiger partial charge < -0.3 is 15.4 Å². The predicted molar refractivity (Wildman–Crippen MR) is 110 cm³/mol. The van der Waals surface area contributed by atoms with Crippen LogP contribution in [0.1, 0.15) is 25.8 Å². The van der Waals surface area contributed by atoms with Crippen LogP contribution in [0, 0.1) is 0 Å². The van der Waals surface area contributed by atoms with Crippen molar-refractivity contribution in [3.05, 3.63) is 59.3 Å². The van der Waals surface area contributed by atoms with Gasteiger partial charge in [0.1, 0.15) is 0 Å². The smallest absolute Gasteiger partial charge is 0.337 e. The van der Waals surface area contributed by atoms with Gasteiger partial charge in [0.25, 0.3) is 0 Å². The zero-order chi connectivity index (χ0) is 20.1. The Morgan fingerprint density at radius 3 is 2.57 bits per heavy atom. The molecule has 1 aliphatic heterocycles. The van der Waals surface area contributed by atoms with Gasteiger partial charge in [-0.2, -0.15) is 0 Å². The van der Waals surface area contributed by atoms with Gasteiger partial charge in [0.2, 0.25) is 0 Å². The molecule has 28 heavy (non-hydrogen) atoms. The van der Waals surface area contributed by atoms with Gasteiger partial charge in [-0.3, -0.25) is 4.90 Å². The standard InChI is InChI=1S/C22H27N3O3/c1-4-18-20(21(26)28-5-2)19(24-22(27)23-18)14-25(3)13-15-10-11-16-8-6-7-9-17(16)12-15/h6-12,18H,4-5,13-14H2,1-3H3,(H2,23,24,27). The van der Waals surface area contributed by atoms with Crippen LogP contribution in [-0.4, -0.2) is 43.1 Å². The highest BCUT2D eigenvalue weighted by Gasteiger charge is 2.31. The van der Waals surface area contributed by atoms with E-state index in [1.165, 1.54) is 16.3 Å². The van der Waals surface area contributed by atoms with E-state index in [4.69, 9.17) is 4.74 Å². The number of likely N-dealkylation sites (N-methyl/N-ethyl adjacent to an activating group) is 1. The molecule has 0 aliphatic carbocycles.